The number of ether oxygens (including phenoxy) is 1. The number of amides is 3. The van der Waals surface area contributed by atoms with E-state index in [9.17, 15) is 9.59 Å². The summed E-state index contributed by atoms with van der Waals surface area (Å²) >= 11 is 11.8. The number of urea groups is 1. The summed E-state index contributed by atoms with van der Waals surface area (Å²) in [4.78, 5) is 23.3. The summed E-state index contributed by atoms with van der Waals surface area (Å²) in [6, 6.07) is 11.6. The fraction of sp³-hybridized carbons (Fsp3) is 0.222. The first kappa shape index (κ1) is 19.9. The highest BCUT2D eigenvalue weighted by molar-refractivity contribution is 6.35. The summed E-state index contributed by atoms with van der Waals surface area (Å²) in [7, 11) is 1.53. The number of carbonyl (C=O) groups excluding carboxylic acids is 2. The number of anilines is 2. The zero-order valence-corrected chi connectivity index (χ0v) is 15.7. The SMILES string of the molecule is CNC(=O)Nc1cccc(NC(=O)CCCOc2ccc(Cl)cc2Cl)c1. The highest BCUT2D eigenvalue weighted by Crippen LogP contribution is 2.27. The molecule has 138 valence electrons. The lowest BCUT2D eigenvalue weighted by molar-refractivity contribution is -0.116. The molecular formula is C18H19Cl2N3O3. The van der Waals surface area contributed by atoms with Gasteiger partial charge in [-0.1, -0.05) is 29.3 Å². The van der Waals surface area contributed by atoms with Crippen molar-refractivity contribution < 1.29 is 14.3 Å². The van der Waals surface area contributed by atoms with Crippen LogP contribution in [0.2, 0.25) is 10.0 Å². The van der Waals surface area contributed by atoms with Gasteiger partial charge in [-0.05, 0) is 42.8 Å². The molecule has 2 aromatic carbocycles. The second kappa shape index (κ2) is 9.89. The molecule has 0 atom stereocenters. The van der Waals surface area contributed by atoms with E-state index in [2.05, 4.69) is 16.0 Å². The van der Waals surface area contributed by atoms with Gasteiger partial charge in [-0.2, -0.15) is 0 Å². The average molecular weight is 396 g/mol. The number of halogens is 2. The molecule has 3 amide bonds. The number of carbonyl (C=O) groups is 2. The Bertz CT molecular complexity index is 784. The molecule has 0 saturated carbocycles. The Morgan fingerprint density at radius 2 is 1.77 bits per heavy atom. The Kier molecular flexibility index (Phi) is 7.56. The summed E-state index contributed by atoms with van der Waals surface area (Å²) in [5, 5.41) is 8.85. The van der Waals surface area contributed by atoms with Gasteiger partial charge in [-0.3, -0.25) is 4.79 Å². The van der Waals surface area contributed by atoms with Gasteiger partial charge in [-0.15, -0.1) is 0 Å². The quantitative estimate of drug-likeness (QED) is 0.601. The van der Waals surface area contributed by atoms with E-state index in [0.717, 1.165) is 0 Å². The zero-order chi connectivity index (χ0) is 18.9. The predicted octanol–water partition coefficient (Wildman–Crippen LogP) is 4.54. The maximum atomic E-state index is 12.0. The predicted molar refractivity (Wildman–Crippen MR) is 104 cm³/mol. The third kappa shape index (κ3) is 6.46. The van der Waals surface area contributed by atoms with Crippen LogP contribution in [0.15, 0.2) is 42.5 Å². The minimum Gasteiger partial charge on any atom is -0.492 e. The molecule has 0 saturated heterocycles. The Morgan fingerprint density at radius 1 is 1.04 bits per heavy atom. The minimum absolute atomic E-state index is 0.145. The van der Waals surface area contributed by atoms with Gasteiger partial charge in [0.2, 0.25) is 5.91 Å². The Morgan fingerprint density at radius 3 is 2.46 bits per heavy atom. The summed E-state index contributed by atoms with van der Waals surface area (Å²) in [5.41, 5.74) is 1.19. The summed E-state index contributed by atoms with van der Waals surface area (Å²) in [6.45, 7) is 0.354. The molecular weight excluding hydrogens is 377 g/mol. The van der Waals surface area contributed by atoms with Crippen LogP contribution in [0.3, 0.4) is 0 Å². The normalized spacial score (nSPS) is 10.1. The van der Waals surface area contributed by atoms with Crippen LogP contribution in [0.1, 0.15) is 12.8 Å². The van der Waals surface area contributed by atoms with E-state index >= 15 is 0 Å². The number of hydrogen-bond acceptors (Lipinski definition) is 3. The summed E-state index contributed by atoms with van der Waals surface area (Å²) in [6.07, 6.45) is 0.819. The van der Waals surface area contributed by atoms with Crippen molar-refractivity contribution in [3.8, 4) is 5.75 Å². The van der Waals surface area contributed by atoms with E-state index in [4.69, 9.17) is 27.9 Å². The van der Waals surface area contributed by atoms with E-state index in [1.807, 2.05) is 0 Å². The maximum Gasteiger partial charge on any atom is 0.318 e. The summed E-state index contributed by atoms with van der Waals surface area (Å²) < 4.78 is 5.54. The van der Waals surface area contributed by atoms with Crippen LogP contribution < -0.4 is 20.7 Å². The molecule has 0 heterocycles. The van der Waals surface area contributed by atoms with Crippen LogP contribution in [0.5, 0.6) is 5.75 Å². The molecule has 6 nitrogen and oxygen atoms in total. The molecule has 26 heavy (non-hydrogen) atoms. The van der Waals surface area contributed by atoms with Gasteiger partial charge in [0.05, 0.1) is 11.6 Å². The smallest absolute Gasteiger partial charge is 0.318 e. The highest BCUT2D eigenvalue weighted by atomic mass is 35.5. The Hall–Kier alpha value is -2.44. The lowest BCUT2D eigenvalue weighted by Crippen LogP contribution is -2.24. The first-order chi connectivity index (χ1) is 12.5. The molecule has 0 unspecified atom stereocenters. The second-order valence-corrected chi connectivity index (χ2v) is 6.20. The van der Waals surface area contributed by atoms with E-state index in [1.54, 1.807) is 42.5 Å². The first-order valence-electron chi connectivity index (χ1n) is 7.94. The van der Waals surface area contributed by atoms with E-state index in [0.29, 0.717) is 40.2 Å². The molecule has 0 spiro atoms. The van der Waals surface area contributed by atoms with Crippen molar-refractivity contribution in [2.45, 2.75) is 12.8 Å². The van der Waals surface area contributed by atoms with Crippen molar-refractivity contribution in [3.05, 3.63) is 52.5 Å². The van der Waals surface area contributed by atoms with Crippen molar-refractivity contribution in [2.24, 2.45) is 0 Å². The van der Waals surface area contributed by atoms with Gasteiger partial charge < -0.3 is 20.7 Å². The number of hydrogen-bond donors (Lipinski definition) is 3. The average Bonchev–Trinajstić information content (AvgIpc) is 2.60. The molecule has 3 N–H and O–H groups in total. The van der Waals surface area contributed by atoms with Crippen LogP contribution >= 0.6 is 23.2 Å². The molecule has 0 aliphatic carbocycles. The fourth-order valence-electron chi connectivity index (χ4n) is 2.10. The molecule has 0 bridgehead atoms. The van der Waals surface area contributed by atoms with Crippen LogP contribution in [-0.2, 0) is 4.79 Å². The zero-order valence-electron chi connectivity index (χ0n) is 14.1. The Labute approximate surface area is 161 Å². The van der Waals surface area contributed by atoms with Gasteiger partial charge in [0.15, 0.2) is 0 Å². The van der Waals surface area contributed by atoms with Crippen LogP contribution in [-0.4, -0.2) is 25.6 Å². The second-order valence-electron chi connectivity index (χ2n) is 5.36. The third-order valence-corrected chi connectivity index (χ3v) is 3.86. The molecule has 0 aliphatic heterocycles. The van der Waals surface area contributed by atoms with Crippen LogP contribution in [0.4, 0.5) is 16.2 Å². The number of benzene rings is 2. The molecule has 0 aliphatic rings. The van der Waals surface area contributed by atoms with Gasteiger partial charge in [-0.25, -0.2) is 4.79 Å². The van der Waals surface area contributed by atoms with Gasteiger partial charge in [0.25, 0.3) is 0 Å². The van der Waals surface area contributed by atoms with Crippen LogP contribution in [0.25, 0.3) is 0 Å². The molecule has 0 radical (unpaired) electrons. The fourth-order valence-corrected chi connectivity index (χ4v) is 2.56. The molecule has 2 rings (SSSR count). The van der Waals surface area contributed by atoms with Crippen molar-refractivity contribution in [3.63, 3.8) is 0 Å². The maximum absolute atomic E-state index is 12.0. The standard InChI is InChI=1S/C18H19Cl2N3O3/c1-21-18(25)23-14-5-2-4-13(11-14)22-17(24)6-3-9-26-16-8-7-12(19)10-15(16)20/h2,4-5,7-8,10-11H,3,6,9H2,1H3,(H,22,24)(H2,21,23,25). The third-order valence-electron chi connectivity index (χ3n) is 3.33. The molecule has 0 fully saturated rings. The number of nitrogens with one attached hydrogen (secondary N) is 3. The van der Waals surface area contributed by atoms with E-state index < -0.39 is 0 Å². The van der Waals surface area contributed by atoms with Crippen molar-refractivity contribution >= 4 is 46.5 Å². The van der Waals surface area contributed by atoms with Crippen molar-refractivity contribution in [2.75, 3.05) is 24.3 Å². The first-order valence-corrected chi connectivity index (χ1v) is 8.70. The van der Waals surface area contributed by atoms with Gasteiger partial charge in [0.1, 0.15) is 5.75 Å². The topological polar surface area (TPSA) is 79.5 Å². The minimum atomic E-state index is -0.327. The van der Waals surface area contributed by atoms with E-state index in [1.165, 1.54) is 7.05 Å². The highest BCUT2D eigenvalue weighted by Gasteiger charge is 2.06. The summed E-state index contributed by atoms with van der Waals surface area (Å²) in [5.74, 6) is 0.386. The van der Waals surface area contributed by atoms with Crippen molar-refractivity contribution in [1.29, 1.82) is 0 Å². The number of rotatable bonds is 7. The van der Waals surface area contributed by atoms with Gasteiger partial charge in [0, 0.05) is 29.9 Å². The van der Waals surface area contributed by atoms with Gasteiger partial charge >= 0.3 is 6.03 Å². The van der Waals surface area contributed by atoms with Crippen LogP contribution in [0, 0.1) is 0 Å². The molecule has 2 aromatic rings. The lowest BCUT2D eigenvalue weighted by atomic mass is 10.2. The van der Waals surface area contributed by atoms with E-state index in [-0.39, 0.29) is 18.4 Å². The molecule has 8 heteroatoms. The monoisotopic (exact) mass is 395 g/mol. The largest absolute Gasteiger partial charge is 0.492 e. The van der Waals surface area contributed by atoms with Crippen molar-refractivity contribution in [1.82, 2.24) is 5.32 Å². The lowest BCUT2D eigenvalue weighted by Gasteiger charge is -2.10. The Balaban J connectivity index is 1.76. The molecule has 0 aromatic heterocycles.